The fraction of sp³-hybridized carbons (Fsp3) is 0.276. The van der Waals surface area contributed by atoms with Gasteiger partial charge in [-0.2, -0.15) is 0 Å². The summed E-state index contributed by atoms with van der Waals surface area (Å²) in [5.74, 6) is 1.26. The van der Waals surface area contributed by atoms with Gasteiger partial charge in [0.25, 0.3) is 11.8 Å². The molecule has 3 aromatic rings. The van der Waals surface area contributed by atoms with Crippen LogP contribution in [0.3, 0.4) is 0 Å². The van der Waals surface area contributed by atoms with Crippen molar-refractivity contribution in [2.24, 2.45) is 4.99 Å². The lowest BCUT2D eigenvalue weighted by Crippen LogP contribution is -2.29. The van der Waals surface area contributed by atoms with Gasteiger partial charge < -0.3 is 29.4 Å². The fourth-order valence-corrected chi connectivity index (χ4v) is 4.37. The predicted molar refractivity (Wildman–Crippen MR) is 154 cm³/mol. The first kappa shape index (κ1) is 29.0. The molecule has 1 saturated heterocycles. The van der Waals surface area contributed by atoms with Gasteiger partial charge in [0.1, 0.15) is 22.8 Å². The van der Waals surface area contributed by atoms with Gasteiger partial charge in [0.15, 0.2) is 11.6 Å². The second kappa shape index (κ2) is 12.9. The van der Waals surface area contributed by atoms with E-state index in [0.717, 1.165) is 22.6 Å². The Hall–Kier alpha value is -4.97. The van der Waals surface area contributed by atoms with Crippen molar-refractivity contribution < 1.29 is 28.6 Å². The van der Waals surface area contributed by atoms with E-state index in [1.165, 1.54) is 0 Å². The molecule has 1 atom stereocenters. The first-order chi connectivity index (χ1) is 19.8. The third kappa shape index (κ3) is 6.61. The van der Waals surface area contributed by atoms with Crippen molar-refractivity contribution in [3.05, 3.63) is 77.2 Å². The molecule has 5 rings (SSSR count). The van der Waals surface area contributed by atoms with E-state index in [4.69, 9.17) is 9.15 Å². The number of ether oxygens (including phenoxy) is 1. The first-order valence-electron chi connectivity index (χ1n) is 12.9. The smallest absolute Gasteiger partial charge is 0.322 e. The SMILES string of the molecule is C=N/C(=C\C=C/C)CN(CCO)c1ccc2oc(C3NC(=O)NC3=O)cc2n1.COc1ccc2c(c1)C(=O)N(C)C2. The highest BCUT2D eigenvalue weighted by Crippen LogP contribution is 2.27. The van der Waals surface area contributed by atoms with Gasteiger partial charge in [0, 0.05) is 31.8 Å². The van der Waals surface area contributed by atoms with Crippen LogP contribution in [0, 0.1) is 0 Å². The highest BCUT2D eigenvalue weighted by Gasteiger charge is 2.33. The van der Waals surface area contributed by atoms with Crippen molar-refractivity contribution in [3.63, 3.8) is 0 Å². The molecule has 0 aliphatic carbocycles. The zero-order valence-corrected chi connectivity index (χ0v) is 23.1. The lowest BCUT2D eigenvalue weighted by Gasteiger charge is -2.22. The van der Waals surface area contributed by atoms with Gasteiger partial charge in [0.2, 0.25) is 0 Å². The number of carbonyl (C=O) groups excluding carboxylic acids is 3. The number of benzene rings is 1. The molecule has 0 bridgehead atoms. The summed E-state index contributed by atoms with van der Waals surface area (Å²) in [6.07, 6.45) is 5.59. The van der Waals surface area contributed by atoms with Gasteiger partial charge >= 0.3 is 6.03 Å². The number of furan rings is 1. The summed E-state index contributed by atoms with van der Waals surface area (Å²) in [7, 11) is 3.40. The topological polar surface area (TPSA) is 150 Å². The van der Waals surface area contributed by atoms with E-state index >= 15 is 0 Å². The van der Waals surface area contributed by atoms with E-state index < -0.39 is 18.0 Å². The monoisotopic (exact) mass is 560 g/mol. The van der Waals surface area contributed by atoms with E-state index in [9.17, 15) is 19.5 Å². The summed E-state index contributed by atoms with van der Waals surface area (Å²) < 4.78 is 10.7. The predicted octanol–water partition coefficient (Wildman–Crippen LogP) is 2.95. The van der Waals surface area contributed by atoms with Gasteiger partial charge in [-0.25, -0.2) is 9.78 Å². The second-order valence-electron chi connectivity index (χ2n) is 9.27. The highest BCUT2D eigenvalue weighted by molar-refractivity contribution is 6.04. The van der Waals surface area contributed by atoms with Crippen LogP contribution in [0.15, 0.2) is 69.7 Å². The fourth-order valence-electron chi connectivity index (χ4n) is 4.37. The molecule has 3 N–H and O–H groups in total. The van der Waals surface area contributed by atoms with Crippen LogP contribution in [0.25, 0.3) is 11.1 Å². The largest absolute Gasteiger partial charge is 0.497 e. The number of amides is 4. The molecular formula is C29H32N6O6. The molecule has 4 amide bonds. The molecule has 0 spiro atoms. The molecule has 214 valence electrons. The van der Waals surface area contributed by atoms with Crippen LogP contribution in [0.2, 0.25) is 0 Å². The number of pyridine rings is 1. The number of anilines is 1. The average Bonchev–Trinajstić information content (AvgIpc) is 3.63. The number of aromatic nitrogens is 1. The van der Waals surface area contributed by atoms with E-state index in [2.05, 4.69) is 27.3 Å². The molecule has 0 saturated carbocycles. The number of nitrogens with zero attached hydrogens (tertiary/aromatic N) is 4. The molecule has 41 heavy (non-hydrogen) atoms. The molecule has 2 aliphatic rings. The van der Waals surface area contributed by atoms with E-state index in [1.807, 2.05) is 42.2 Å². The number of nitrogens with one attached hydrogen (secondary N) is 2. The Bertz CT molecular complexity index is 1530. The number of carbonyl (C=O) groups is 3. The Labute approximate surface area is 237 Å². The Morgan fingerprint density at radius 3 is 2.76 bits per heavy atom. The van der Waals surface area contributed by atoms with Gasteiger partial charge in [-0.15, -0.1) is 0 Å². The number of hydrogen-bond acceptors (Lipinski definition) is 9. The summed E-state index contributed by atoms with van der Waals surface area (Å²) in [6.45, 7) is 6.91. The number of aliphatic hydroxyl groups excluding tert-OH is 1. The Morgan fingerprint density at radius 1 is 1.29 bits per heavy atom. The van der Waals surface area contributed by atoms with Crippen LogP contribution in [0.1, 0.15) is 34.6 Å². The molecular weight excluding hydrogens is 528 g/mol. The van der Waals surface area contributed by atoms with Crippen LogP contribution < -0.4 is 20.3 Å². The molecule has 2 aromatic heterocycles. The molecule has 12 heteroatoms. The normalized spacial score (nSPS) is 16.4. The number of urea groups is 1. The minimum atomic E-state index is -0.876. The summed E-state index contributed by atoms with van der Waals surface area (Å²) in [6, 6.07) is 9.29. The summed E-state index contributed by atoms with van der Waals surface area (Å²) in [5, 5.41) is 14.1. The lowest BCUT2D eigenvalue weighted by atomic mass is 10.1. The third-order valence-corrected chi connectivity index (χ3v) is 6.47. The molecule has 1 unspecified atom stereocenters. The van der Waals surface area contributed by atoms with Crippen LogP contribution in [-0.4, -0.2) is 73.4 Å². The molecule has 1 aromatic carbocycles. The average molecular weight is 561 g/mol. The lowest BCUT2D eigenvalue weighted by molar-refractivity contribution is -0.120. The maximum atomic E-state index is 11.8. The second-order valence-corrected chi connectivity index (χ2v) is 9.27. The van der Waals surface area contributed by atoms with Crippen molar-refractivity contribution in [1.82, 2.24) is 20.5 Å². The quantitative estimate of drug-likeness (QED) is 0.205. The van der Waals surface area contributed by atoms with Gasteiger partial charge in [-0.3, -0.25) is 19.9 Å². The summed E-state index contributed by atoms with van der Waals surface area (Å²) >= 11 is 0. The molecule has 12 nitrogen and oxygen atoms in total. The molecule has 0 radical (unpaired) electrons. The molecule has 2 aliphatic heterocycles. The van der Waals surface area contributed by atoms with Crippen LogP contribution in [0.5, 0.6) is 5.75 Å². The van der Waals surface area contributed by atoms with Crippen LogP contribution >= 0.6 is 0 Å². The van der Waals surface area contributed by atoms with Gasteiger partial charge in [0.05, 0.1) is 26.0 Å². The van der Waals surface area contributed by atoms with E-state index in [-0.39, 0.29) is 12.5 Å². The maximum absolute atomic E-state index is 11.8. The van der Waals surface area contributed by atoms with Crippen molar-refractivity contribution >= 4 is 41.5 Å². The third-order valence-electron chi connectivity index (χ3n) is 6.47. The minimum Gasteiger partial charge on any atom is -0.497 e. The molecule has 1 fully saturated rings. The number of rotatable bonds is 9. The van der Waals surface area contributed by atoms with Crippen molar-refractivity contribution in [2.45, 2.75) is 19.5 Å². The van der Waals surface area contributed by atoms with Crippen LogP contribution in [-0.2, 0) is 11.3 Å². The molecule has 4 heterocycles. The number of methoxy groups -OCH3 is 1. The Kier molecular flexibility index (Phi) is 9.15. The van der Waals surface area contributed by atoms with Crippen molar-refractivity contribution in [2.75, 3.05) is 38.8 Å². The Morgan fingerprint density at radius 2 is 2.10 bits per heavy atom. The maximum Gasteiger partial charge on any atom is 0.322 e. The Balaban J connectivity index is 0.000000247. The number of aliphatic hydroxyl groups is 1. The highest BCUT2D eigenvalue weighted by atomic mass is 16.5. The summed E-state index contributed by atoms with van der Waals surface area (Å²) in [5.41, 5.74) is 3.60. The number of hydrogen-bond donors (Lipinski definition) is 3. The number of imide groups is 1. The zero-order chi connectivity index (χ0) is 29.5. The van der Waals surface area contributed by atoms with E-state index in [0.29, 0.717) is 42.3 Å². The number of fused-ring (bicyclic) bond motifs is 2. The zero-order valence-electron chi connectivity index (χ0n) is 23.1. The minimum absolute atomic E-state index is 0.0569. The number of allylic oxidation sites excluding steroid dienone is 3. The van der Waals surface area contributed by atoms with Gasteiger partial charge in [-0.05, 0) is 49.5 Å². The van der Waals surface area contributed by atoms with Gasteiger partial charge in [-0.1, -0.05) is 18.2 Å². The number of aliphatic imine (C=N–C) groups is 1. The van der Waals surface area contributed by atoms with Crippen molar-refractivity contribution in [1.29, 1.82) is 0 Å². The van der Waals surface area contributed by atoms with Crippen LogP contribution in [0.4, 0.5) is 10.6 Å². The first-order valence-corrected chi connectivity index (χ1v) is 12.9. The standard InChI is InChI=1S/C19H21N5O4.C10H11NO2/c1-3-4-5-12(20-2)11-24(8-9-25)16-7-6-14-13(21-16)10-15(28-14)17-18(26)23-19(27)22-17;1-11-6-7-3-4-8(13-2)5-9(7)10(11)12/h3-7,10,17,25H,2,8-9,11H2,1H3,(H2,22,23,26,27);3-5H,6H2,1-2H3/b4-3-,12-5-;. The van der Waals surface area contributed by atoms with E-state index in [1.54, 1.807) is 43.3 Å². The van der Waals surface area contributed by atoms with Crippen molar-refractivity contribution in [3.8, 4) is 5.75 Å². The summed E-state index contributed by atoms with van der Waals surface area (Å²) in [4.78, 5) is 46.8.